The summed E-state index contributed by atoms with van der Waals surface area (Å²) in [6.07, 6.45) is -4.74. The number of rotatable bonds is 7. The van der Waals surface area contributed by atoms with Crippen molar-refractivity contribution in [3.63, 3.8) is 0 Å². The van der Waals surface area contributed by atoms with Crippen LogP contribution in [0.1, 0.15) is 12.0 Å². The SMILES string of the molecule is O=C(COC(=O)[C@H]1CC(=O)N(c2ccc(Oc3cccc4ccccc34)cc2)C1)Nc1cc(C(F)(F)F)ccc1Cl. The van der Waals surface area contributed by atoms with Gasteiger partial charge in [0.15, 0.2) is 6.61 Å². The second kappa shape index (κ2) is 11.5. The molecule has 210 valence electrons. The highest BCUT2D eigenvalue weighted by Crippen LogP contribution is 2.34. The molecule has 1 aliphatic rings. The molecule has 1 N–H and O–H groups in total. The van der Waals surface area contributed by atoms with Gasteiger partial charge >= 0.3 is 12.1 Å². The van der Waals surface area contributed by atoms with Gasteiger partial charge in [-0.3, -0.25) is 14.4 Å². The zero-order valence-corrected chi connectivity index (χ0v) is 22.0. The minimum atomic E-state index is -4.62. The first-order chi connectivity index (χ1) is 19.6. The van der Waals surface area contributed by atoms with Gasteiger partial charge in [0.05, 0.1) is 22.2 Å². The smallest absolute Gasteiger partial charge is 0.416 e. The van der Waals surface area contributed by atoms with Gasteiger partial charge in [-0.25, -0.2) is 0 Å². The Bertz CT molecular complexity index is 1620. The van der Waals surface area contributed by atoms with Gasteiger partial charge in [-0.1, -0.05) is 48.0 Å². The van der Waals surface area contributed by atoms with E-state index in [9.17, 15) is 27.6 Å². The molecule has 11 heteroatoms. The molecule has 7 nitrogen and oxygen atoms in total. The van der Waals surface area contributed by atoms with Crippen LogP contribution in [0.25, 0.3) is 10.8 Å². The van der Waals surface area contributed by atoms with Crippen LogP contribution in [0.15, 0.2) is 84.9 Å². The van der Waals surface area contributed by atoms with E-state index < -0.39 is 36.1 Å². The fourth-order valence-corrected chi connectivity index (χ4v) is 4.62. The van der Waals surface area contributed by atoms with E-state index in [0.717, 1.165) is 22.9 Å². The van der Waals surface area contributed by atoms with Gasteiger partial charge in [0.25, 0.3) is 5.91 Å². The van der Waals surface area contributed by atoms with Gasteiger partial charge in [-0.05, 0) is 53.9 Å². The molecule has 0 spiro atoms. The Kier molecular flexibility index (Phi) is 7.85. The van der Waals surface area contributed by atoms with Crippen molar-refractivity contribution >= 4 is 51.5 Å². The van der Waals surface area contributed by atoms with E-state index in [1.54, 1.807) is 24.3 Å². The number of halogens is 4. The van der Waals surface area contributed by atoms with E-state index in [2.05, 4.69) is 5.32 Å². The summed E-state index contributed by atoms with van der Waals surface area (Å²) in [5, 5.41) is 4.10. The Morgan fingerprint density at radius 1 is 0.976 bits per heavy atom. The number of carbonyl (C=O) groups is 3. The maximum atomic E-state index is 12.9. The molecular formula is C30H22ClF3N2O5. The quantitative estimate of drug-likeness (QED) is 0.241. The molecule has 0 radical (unpaired) electrons. The van der Waals surface area contributed by atoms with Gasteiger partial charge in [-0.15, -0.1) is 0 Å². The number of ether oxygens (including phenoxy) is 2. The van der Waals surface area contributed by atoms with Crippen LogP contribution in [0, 0.1) is 5.92 Å². The summed E-state index contributed by atoms with van der Waals surface area (Å²) in [6, 6.07) is 22.9. The maximum absolute atomic E-state index is 12.9. The molecule has 4 aromatic carbocycles. The zero-order valence-electron chi connectivity index (χ0n) is 21.3. The molecule has 5 rings (SSSR count). The van der Waals surface area contributed by atoms with Crippen LogP contribution in [0.4, 0.5) is 24.5 Å². The van der Waals surface area contributed by atoms with Crippen molar-refractivity contribution in [2.45, 2.75) is 12.6 Å². The molecule has 2 amide bonds. The third kappa shape index (κ3) is 6.44. The van der Waals surface area contributed by atoms with Gasteiger partial charge in [0.2, 0.25) is 5.91 Å². The van der Waals surface area contributed by atoms with Gasteiger partial charge in [0.1, 0.15) is 11.5 Å². The molecule has 1 fully saturated rings. The first-order valence-corrected chi connectivity index (χ1v) is 12.9. The van der Waals surface area contributed by atoms with E-state index in [-0.39, 0.29) is 29.6 Å². The summed E-state index contributed by atoms with van der Waals surface area (Å²) < 4.78 is 49.9. The summed E-state index contributed by atoms with van der Waals surface area (Å²) in [5.74, 6) is -1.51. The number of carbonyl (C=O) groups excluding carboxylic acids is 3. The average Bonchev–Trinajstić information content (AvgIpc) is 3.34. The summed E-state index contributed by atoms with van der Waals surface area (Å²) in [4.78, 5) is 38.9. The second-order valence-corrected chi connectivity index (χ2v) is 9.73. The predicted octanol–water partition coefficient (Wildman–Crippen LogP) is 6.84. The summed E-state index contributed by atoms with van der Waals surface area (Å²) in [5.41, 5.74) is -0.697. The first kappa shape index (κ1) is 28.0. The molecule has 0 saturated carbocycles. The number of alkyl halides is 3. The van der Waals surface area contributed by atoms with Crippen LogP contribution in [0.5, 0.6) is 11.5 Å². The van der Waals surface area contributed by atoms with Crippen molar-refractivity contribution in [3.8, 4) is 11.5 Å². The molecule has 1 saturated heterocycles. The van der Waals surface area contributed by atoms with Crippen LogP contribution in [-0.4, -0.2) is 30.9 Å². The van der Waals surface area contributed by atoms with Crippen LogP contribution in [-0.2, 0) is 25.3 Å². The van der Waals surface area contributed by atoms with Crippen molar-refractivity contribution < 1.29 is 37.0 Å². The van der Waals surface area contributed by atoms with Crippen LogP contribution >= 0.6 is 11.6 Å². The van der Waals surface area contributed by atoms with Gasteiger partial charge in [0, 0.05) is 24.0 Å². The topological polar surface area (TPSA) is 84.9 Å². The minimum Gasteiger partial charge on any atom is -0.457 e. The average molecular weight is 583 g/mol. The number of anilines is 2. The number of esters is 1. The molecule has 0 bridgehead atoms. The Hall–Kier alpha value is -4.57. The Morgan fingerprint density at radius 2 is 1.71 bits per heavy atom. The number of amides is 2. The van der Waals surface area contributed by atoms with E-state index in [1.807, 2.05) is 42.5 Å². The first-order valence-electron chi connectivity index (χ1n) is 12.5. The molecule has 1 aliphatic heterocycles. The lowest BCUT2D eigenvalue weighted by atomic mass is 10.1. The van der Waals surface area contributed by atoms with Gasteiger partial charge < -0.3 is 19.7 Å². The van der Waals surface area contributed by atoms with Crippen molar-refractivity contribution in [2.24, 2.45) is 5.92 Å². The monoisotopic (exact) mass is 582 g/mol. The molecule has 4 aromatic rings. The largest absolute Gasteiger partial charge is 0.457 e. The van der Waals surface area contributed by atoms with Crippen molar-refractivity contribution in [1.29, 1.82) is 0 Å². The summed E-state index contributed by atoms with van der Waals surface area (Å²) >= 11 is 5.88. The lowest BCUT2D eigenvalue weighted by Gasteiger charge is -2.17. The predicted molar refractivity (Wildman–Crippen MR) is 147 cm³/mol. The van der Waals surface area contributed by atoms with E-state index >= 15 is 0 Å². The molecule has 0 aromatic heterocycles. The Labute approximate surface area is 237 Å². The number of nitrogens with zero attached hydrogens (tertiary/aromatic N) is 1. The van der Waals surface area contributed by atoms with E-state index in [4.69, 9.17) is 21.1 Å². The number of hydrogen-bond donors (Lipinski definition) is 1. The molecule has 0 unspecified atom stereocenters. The fraction of sp³-hybridized carbons (Fsp3) is 0.167. The van der Waals surface area contributed by atoms with E-state index in [1.165, 1.54) is 4.90 Å². The lowest BCUT2D eigenvalue weighted by Crippen LogP contribution is -2.28. The number of nitrogens with one attached hydrogen (secondary N) is 1. The number of hydrogen-bond acceptors (Lipinski definition) is 5. The maximum Gasteiger partial charge on any atom is 0.416 e. The lowest BCUT2D eigenvalue weighted by molar-refractivity contribution is -0.151. The highest BCUT2D eigenvalue weighted by molar-refractivity contribution is 6.33. The van der Waals surface area contributed by atoms with Crippen LogP contribution in [0.2, 0.25) is 5.02 Å². The molecule has 0 aliphatic carbocycles. The van der Waals surface area contributed by atoms with Gasteiger partial charge in [-0.2, -0.15) is 13.2 Å². The highest BCUT2D eigenvalue weighted by atomic mass is 35.5. The third-order valence-corrected chi connectivity index (χ3v) is 6.83. The molecular weight excluding hydrogens is 561 g/mol. The third-order valence-electron chi connectivity index (χ3n) is 6.50. The fourth-order valence-electron chi connectivity index (χ4n) is 4.46. The summed E-state index contributed by atoms with van der Waals surface area (Å²) in [6.45, 7) is -0.710. The van der Waals surface area contributed by atoms with Crippen LogP contribution < -0.4 is 15.0 Å². The number of fused-ring (bicyclic) bond motifs is 1. The normalized spacial score (nSPS) is 15.2. The minimum absolute atomic E-state index is 0.0439. The van der Waals surface area contributed by atoms with Crippen molar-refractivity contribution in [3.05, 3.63) is 95.5 Å². The Balaban J connectivity index is 1.16. The zero-order chi connectivity index (χ0) is 29.1. The second-order valence-electron chi connectivity index (χ2n) is 9.33. The van der Waals surface area contributed by atoms with Crippen molar-refractivity contribution in [2.75, 3.05) is 23.4 Å². The van der Waals surface area contributed by atoms with Crippen molar-refractivity contribution in [1.82, 2.24) is 0 Å². The summed E-state index contributed by atoms with van der Waals surface area (Å²) in [7, 11) is 0. The van der Waals surface area contributed by atoms with E-state index in [0.29, 0.717) is 23.3 Å². The molecule has 1 heterocycles. The van der Waals surface area contributed by atoms with Crippen LogP contribution in [0.3, 0.4) is 0 Å². The molecule has 1 atom stereocenters. The number of benzene rings is 4. The highest BCUT2D eigenvalue weighted by Gasteiger charge is 2.36. The Morgan fingerprint density at radius 3 is 2.46 bits per heavy atom. The standard InChI is InChI=1S/C30H22ClF3N2O5/c31-24-13-8-20(30(32,33)34)15-25(24)35-27(37)17-40-29(39)19-14-28(38)36(16-19)21-9-11-22(12-10-21)41-26-7-3-5-18-4-1-2-6-23(18)26/h1-13,15,19H,14,16-17H2,(H,35,37)/t19-/m0/s1. The molecule has 41 heavy (non-hydrogen) atoms.